The summed E-state index contributed by atoms with van der Waals surface area (Å²) in [7, 11) is 0. The topological polar surface area (TPSA) is 100 Å². The summed E-state index contributed by atoms with van der Waals surface area (Å²) in [6, 6.07) is 2.60. The molecule has 2 atom stereocenters. The molecule has 2 saturated heterocycles. The number of nitrogens with zero attached hydrogens (tertiary/aromatic N) is 3. The van der Waals surface area contributed by atoms with Crippen molar-refractivity contribution in [1.82, 2.24) is 24.8 Å². The lowest BCUT2D eigenvalue weighted by molar-refractivity contribution is 0.0750. The maximum Gasteiger partial charge on any atom is 0.329 e. The molecule has 1 aliphatic carbocycles. The minimum absolute atomic E-state index is 0.124. The van der Waals surface area contributed by atoms with Crippen molar-refractivity contribution in [2.45, 2.75) is 70.0 Å². The molecule has 0 spiro atoms. The van der Waals surface area contributed by atoms with E-state index in [0.29, 0.717) is 48.8 Å². The molecule has 0 radical (unpaired) electrons. The number of likely N-dealkylation sites (tertiary alicyclic amines) is 1. The predicted molar refractivity (Wildman–Crippen MR) is 109 cm³/mol. The number of rotatable bonds is 4. The number of amides is 1. The number of hydrogen-bond acceptors (Lipinski definition) is 5. The van der Waals surface area contributed by atoms with Gasteiger partial charge in [0.25, 0.3) is 11.5 Å². The van der Waals surface area contributed by atoms with Crippen LogP contribution >= 0.6 is 0 Å². The number of nitrogens with one attached hydrogen (secondary N) is 2. The number of aromatic amines is 1. The van der Waals surface area contributed by atoms with Crippen LogP contribution in [-0.4, -0.2) is 50.5 Å². The van der Waals surface area contributed by atoms with Crippen LogP contribution in [0.2, 0.25) is 0 Å². The molecule has 5 rings (SSSR count). The highest BCUT2D eigenvalue weighted by atomic mass is 16.2. The average Bonchev–Trinajstić information content (AvgIpc) is 3.48. The fraction of sp³-hybridized carbons (Fsp3) is 0.619. The van der Waals surface area contributed by atoms with E-state index in [9.17, 15) is 14.4 Å². The van der Waals surface area contributed by atoms with Gasteiger partial charge in [-0.25, -0.2) is 9.78 Å². The summed E-state index contributed by atoms with van der Waals surface area (Å²) < 4.78 is 1.51. The molecular weight excluding hydrogens is 370 g/mol. The van der Waals surface area contributed by atoms with Gasteiger partial charge >= 0.3 is 5.69 Å². The second-order valence-corrected chi connectivity index (χ2v) is 8.66. The second-order valence-electron chi connectivity index (χ2n) is 8.66. The highest BCUT2D eigenvalue weighted by Crippen LogP contribution is 2.40. The molecule has 2 bridgehead atoms. The fourth-order valence-electron chi connectivity index (χ4n) is 4.78. The number of fused-ring (bicyclic) bond motifs is 3. The van der Waals surface area contributed by atoms with Crippen molar-refractivity contribution in [3.8, 4) is 0 Å². The third-order valence-electron chi connectivity index (χ3n) is 6.45. The van der Waals surface area contributed by atoms with E-state index >= 15 is 0 Å². The van der Waals surface area contributed by atoms with Crippen molar-refractivity contribution in [3.63, 3.8) is 0 Å². The van der Waals surface area contributed by atoms with Crippen molar-refractivity contribution in [2.75, 3.05) is 13.1 Å². The Kier molecular flexibility index (Phi) is 4.53. The van der Waals surface area contributed by atoms with Crippen LogP contribution in [0.5, 0.6) is 0 Å². The van der Waals surface area contributed by atoms with E-state index in [4.69, 9.17) is 0 Å². The fourth-order valence-corrected chi connectivity index (χ4v) is 4.78. The number of aryl methyl sites for hydroxylation is 1. The van der Waals surface area contributed by atoms with Gasteiger partial charge in [0.15, 0.2) is 5.65 Å². The first kappa shape index (κ1) is 18.5. The summed E-state index contributed by atoms with van der Waals surface area (Å²) in [5, 5.41) is 3.84. The number of carbonyl (C=O) groups excluding carboxylic acids is 1. The molecular formula is C21H27N5O3. The summed E-state index contributed by atoms with van der Waals surface area (Å²) in [6.45, 7) is 3.77. The third-order valence-corrected chi connectivity index (χ3v) is 6.45. The summed E-state index contributed by atoms with van der Waals surface area (Å²) >= 11 is 0. The van der Waals surface area contributed by atoms with Gasteiger partial charge in [0.05, 0.1) is 10.9 Å². The van der Waals surface area contributed by atoms with Crippen LogP contribution in [0.25, 0.3) is 11.0 Å². The van der Waals surface area contributed by atoms with Crippen LogP contribution in [0.3, 0.4) is 0 Å². The molecule has 2 aliphatic heterocycles. The molecule has 4 heterocycles. The Balaban J connectivity index is 1.66. The van der Waals surface area contributed by atoms with E-state index in [1.54, 1.807) is 6.07 Å². The van der Waals surface area contributed by atoms with Gasteiger partial charge in [-0.2, -0.15) is 0 Å². The Labute approximate surface area is 168 Å². The predicted octanol–water partition coefficient (Wildman–Crippen LogP) is 1.34. The van der Waals surface area contributed by atoms with Crippen molar-refractivity contribution in [3.05, 3.63) is 38.2 Å². The number of hydrogen-bond donors (Lipinski definition) is 2. The van der Waals surface area contributed by atoms with Gasteiger partial charge < -0.3 is 10.2 Å². The molecule has 2 aromatic rings. The molecule has 29 heavy (non-hydrogen) atoms. The first-order valence-corrected chi connectivity index (χ1v) is 10.8. The zero-order valence-electron chi connectivity index (χ0n) is 16.7. The molecule has 1 amide bonds. The molecule has 0 aromatic carbocycles. The van der Waals surface area contributed by atoms with E-state index < -0.39 is 11.2 Å². The maximum atomic E-state index is 13.6. The minimum atomic E-state index is -0.523. The van der Waals surface area contributed by atoms with Crippen molar-refractivity contribution in [1.29, 1.82) is 0 Å². The van der Waals surface area contributed by atoms with Gasteiger partial charge in [-0.15, -0.1) is 0 Å². The lowest BCUT2D eigenvalue weighted by atomic mass is 10.0. The Hall–Kier alpha value is -2.48. The van der Waals surface area contributed by atoms with Gasteiger partial charge in [0, 0.05) is 43.3 Å². The highest BCUT2D eigenvalue weighted by Gasteiger charge is 2.34. The largest absolute Gasteiger partial charge is 0.337 e. The van der Waals surface area contributed by atoms with Crippen molar-refractivity contribution < 1.29 is 4.79 Å². The van der Waals surface area contributed by atoms with Crippen LogP contribution in [0.15, 0.2) is 15.7 Å². The Bertz CT molecular complexity index is 1080. The van der Waals surface area contributed by atoms with Gasteiger partial charge in [-0.1, -0.05) is 6.92 Å². The normalized spacial score (nSPS) is 24.1. The lowest BCUT2D eigenvalue weighted by Crippen LogP contribution is -2.40. The number of aromatic nitrogens is 3. The third kappa shape index (κ3) is 3.29. The van der Waals surface area contributed by atoms with Gasteiger partial charge in [-0.05, 0) is 44.6 Å². The zero-order valence-corrected chi connectivity index (χ0v) is 16.7. The Morgan fingerprint density at radius 2 is 1.97 bits per heavy atom. The molecule has 8 nitrogen and oxygen atoms in total. The van der Waals surface area contributed by atoms with Crippen LogP contribution < -0.4 is 16.6 Å². The highest BCUT2D eigenvalue weighted by molar-refractivity contribution is 6.05. The number of H-pyrrole nitrogens is 1. The first-order valence-electron chi connectivity index (χ1n) is 10.8. The first-order chi connectivity index (χ1) is 14.0. The number of carbonyl (C=O) groups is 1. The van der Waals surface area contributed by atoms with E-state index in [-0.39, 0.29) is 11.3 Å². The zero-order chi connectivity index (χ0) is 20.1. The van der Waals surface area contributed by atoms with Crippen LogP contribution in [0.4, 0.5) is 0 Å². The van der Waals surface area contributed by atoms with Crippen molar-refractivity contribution >= 4 is 16.9 Å². The quantitative estimate of drug-likeness (QED) is 0.811. The smallest absolute Gasteiger partial charge is 0.329 e. The van der Waals surface area contributed by atoms with E-state index in [1.165, 1.54) is 11.0 Å². The monoisotopic (exact) mass is 397 g/mol. The van der Waals surface area contributed by atoms with Gasteiger partial charge in [0.1, 0.15) is 0 Å². The number of pyridine rings is 1. The summed E-state index contributed by atoms with van der Waals surface area (Å²) in [5.41, 5.74) is 0.582. The summed E-state index contributed by atoms with van der Waals surface area (Å²) in [4.78, 5) is 47.7. The van der Waals surface area contributed by atoms with Gasteiger partial charge in [-0.3, -0.25) is 19.1 Å². The molecule has 3 fully saturated rings. The molecule has 154 valence electrons. The second kappa shape index (κ2) is 7.09. The Morgan fingerprint density at radius 1 is 1.17 bits per heavy atom. The van der Waals surface area contributed by atoms with E-state index in [2.05, 4.69) is 15.3 Å². The van der Waals surface area contributed by atoms with Crippen LogP contribution in [0, 0.1) is 0 Å². The standard InChI is InChI=1S/C21H27N5O3/c1-2-8-26-18-17(19(27)24-21(26)29)15(10-16(23-18)12-3-4-12)20(28)25-9-7-13-5-6-14(11-25)22-13/h10,12-14,22H,2-9,11H2,1H3,(H,24,27,29). The molecule has 2 aromatic heterocycles. The Morgan fingerprint density at radius 3 is 2.72 bits per heavy atom. The summed E-state index contributed by atoms with van der Waals surface area (Å²) in [5.74, 6) is 0.193. The SMILES string of the molecule is CCCn1c(=O)[nH]c(=O)c2c(C(=O)N3CCC4CCC(C3)N4)cc(C3CC3)nc21. The molecule has 3 aliphatic rings. The molecule has 2 N–H and O–H groups in total. The van der Waals surface area contributed by atoms with Crippen LogP contribution in [-0.2, 0) is 6.54 Å². The average molecular weight is 397 g/mol. The molecule has 2 unspecified atom stereocenters. The molecule has 8 heteroatoms. The van der Waals surface area contributed by atoms with Crippen LogP contribution in [0.1, 0.15) is 67.4 Å². The summed E-state index contributed by atoms with van der Waals surface area (Å²) in [6.07, 6.45) is 5.97. The van der Waals surface area contributed by atoms with Crippen molar-refractivity contribution in [2.24, 2.45) is 0 Å². The van der Waals surface area contributed by atoms with Gasteiger partial charge in [0.2, 0.25) is 0 Å². The maximum absolute atomic E-state index is 13.6. The van der Waals surface area contributed by atoms with E-state index in [1.807, 2.05) is 11.8 Å². The van der Waals surface area contributed by atoms with E-state index in [0.717, 1.165) is 37.8 Å². The minimum Gasteiger partial charge on any atom is -0.337 e. The lowest BCUT2D eigenvalue weighted by Gasteiger charge is -2.25. The molecule has 1 saturated carbocycles.